The molecule has 0 amide bonds. The van der Waals surface area contributed by atoms with Crippen molar-refractivity contribution in [3.63, 3.8) is 0 Å². The summed E-state index contributed by atoms with van der Waals surface area (Å²) in [6.07, 6.45) is 1.76. The van der Waals surface area contributed by atoms with Crippen LogP contribution in [0.5, 0.6) is 0 Å². The molecule has 0 aliphatic heterocycles. The second kappa shape index (κ2) is 6.14. The molecule has 0 saturated heterocycles. The summed E-state index contributed by atoms with van der Waals surface area (Å²) in [7, 11) is 0. The molecule has 1 atom stereocenters. The van der Waals surface area contributed by atoms with Gasteiger partial charge in [0.2, 0.25) is 0 Å². The molecular weight excluding hydrogens is 326 g/mol. The van der Waals surface area contributed by atoms with Crippen LogP contribution in [0.4, 0.5) is 5.69 Å². The highest BCUT2D eigenvalue weighted by atomic mass is 79.9. The molecule has 2 N–H and O–H groups in total. The zero-order valence-corrected chi connectivity index (χ0v) is 13.3. The second-order valence-corrected chi connectivity index (χ2v) is 5.88. The van der Waals surface area contributed by atoms with Crippen molar-refractivity contribution in [1.29, 1.82) is 0 Å². The average Bonchev–Trinajstić information content (AvgIpc) is 3.02. The van der Waals surface area contributed by atoms with Crippen LogP contribution in [0.25, 0.3) is 11.3 Å². The molecule has 1 unspecified atom stereocenters. The number of aromatic nitrogens is 2. The van der Waals surface area contributed by atoms with Crippen LogP contribution in [0.15, 0.2) is 65.3 Å². The topological polar surface area (TPSA) is 40.7 Å². The van der Waals surface area contributed by atoms with E-state index in [1.165, 1.54) is 5.56 Å². The molecule has 3 nitrogen and oxygen atoms in total. The highest BCUT2D eigenvalue weighted by Gasteiger charge is 2.06. The van der Waals surface area contributed by atoms with Gasteiger partial charge in [-0.3, -0.25) is 5.10 Å². The van der Waals surface area contributed by atoms with E-state index < -0.39 is 0 Å². The van der Waals surface area contributed by atoms with E-state index in [4.69, 9.17) is 0 Å². The lowest BCUT2D eigenvalue weighted by Crippen LogP contribution is -2.06. The molecule has 1 heterocycles. The number of halogens is 1. The number of H-pyrrole nitrogens is 1. The van der Waals surface area contributed by atoms with Crippen molar-refractivity contribution in [2.24, 2.45) is 0 Å². The molecule has 21 heavy (non-hydrogen) atoms. The Morgan fingerprint density at radius 1 is 1.10 bits per heavy atom. The number of nitrogens with one attached hydrogen (secondary N) is 2. The number of aromatic amines is 1. The first-order valence-electron chi connectivity index (χ1n) is 6.84. The van der Waals surface area contributed by atoms with Crippen LogP contribution >= 0.6 is 15.9 Å². The predicted molar refractivity (Wildman–Crippen MR) is 90.2 cm³/mol. The first-order valence-corrected chi connectivity index (χ1v) is 7.63. The summed E-state index contributed by atoms with van der Waals surface area (Å²) in [4.78, 5) is 0. The lowest BCUT2D eigenvalue weighted by Gasteiger charge is -2.16. The maximum atomic E-state index is 4.00. The van der Waals surface area contributed by atoms with Crippen molar-refractivity contribution in [2.45, 2.75) is 13.0 Å². The van der Waals surface area contributed by atoms with Gasteiger partial charge < -0.3 is 5.32 Å². The molecule has 0 radical (unpaired) electrons. The Bertz CT molecular complexity index is 705. The molecule has 4 heteroatoms. The van der Waals surface area contributed by atoms with Gasteiger partial charge in [-0.25, -0.2) is 0 Å². The van der Waals surface area contributed by atoms with Gasteiger partial charge in [-0.2, -0.15) is 5.10 Å². The normalized spacial score (nSPS) is 12.1. The first kappa shape index (κ1) is 13.9. The molecule has 0 aliphatic rings. The summed E-state index contributed by atoms with van der Waals surface area (Å²) in [6.45, 7) is 2.16. The zero-order chi connectivity index (χ0) is 14.7. The standard InChI is InChI=1S/C17H16BrN3/c1-12(13-5-7-15(18)8-6-13)20-16-4-2-3-14(11-16)17-9-10-19-21-17/h2-12,20H,1H3,(H,19,21). The third kappa shape index (κ3) is 3.34. The van der Waals surface area contributed by atoms with Crippen LogP contribution in [0.1, 0.15) is 18.5 Å². The van der Waals surface area contributed by atoms with E-state index in [-0.39, 0.29) is 6.04 Å². The van der Waals surface area contributed by atoms with Crippen molar-refractivity contribution in [1.82, 2.24) is 10.2 Å². The van der Waals surface area contributed by atoms with Crippen LogP contribution in [0.2, 0.25) is 0 Å². The molecule has 1 aromatic heterocycles. The fraction of sp³-hybridized carbons (Fsp3) is 0.118. The number of benzene rings is 2. The number of nitrogens with zero attached hydrogens (tertiary/aromatic N) is 1. The Morgan fingerprint density at radius 2 is 1.90 bits per heavy atom. The molecule has 106 valence electrons. The lowest BCUT2D eigenvalue weighted by atomic mass is 10.1. The Hall–Kier alpha value is -2.07. The fourth-order valence-electron chi connectivity index (χ4n) is 2.28. The molecule has 3 rings (SSSR count). The summed E-state index contributed by atoms with van der Waals surface area (Å²) in [5, 5.41) is 10.5. The van der Waals surface area contributed by atoms with E-state index in [9.17, 15) is 0 Å². The van der Waals surface area contributed by atoms with E-state index >= 15 is 0 Å². The SMILES string of the molecule is CC(Nc1cccc(-c2ccn[nH]2)c1)c1ccc(Br)cc1. The van der Waals surface area contributed by atoms with Gasteiger partial charge in [0.05, 0.1) is 5.69 Å². The monoisotopic (exact) mass is 341 g/mol. The molecule has 0 spiro atoms. The van der Waals surface area contributed by atoms with Gasteiger partial charge in [0, 0.05) is 28.0 Å². The van der Waals surface area contributed by atoms with Gasteiger partial charge in [0.25, 0.3) is 0 Å². The van der Waals surface area contributed by atoms with Gasteiger partial charge >= 0.3 is 0 Å². The molecule has 0 fully saturated rings. The van der Waals surface area contributed by atoms with Gasteiger partial charge in [-0.05, 0) is 42.8 Å². The summed E-state index contributed by atoms with van der Waals surface area (Å²) < 4.78 is 1.10. The number of rotatable bonds is 4. The second-order valence-electron chi connectivity index (χ2n) is 4.97. The summed E-state index contributed by atoms with van der Waals surface area (Å²) in [5.41, 5.74) is 4.50. The minimum absolute atomic E-state index is 0.245. The minimum Gasteiger partial charge on any atom is -0.379 e. The largest absolute Gasteiger partial charge is 0.379 e. The molecule has 0 saturated carbocycles. The average molecular weight is 342 g/mol. The van der Waals surface area contributed by atoms with Gasteiger partial charge in [-0.1, -0.05) is 40.2 Å². The quantitative estimate of drug-likeness (QED) is 0.700. The summed E-state index contributed by atoms with van der Waals surface area (Å²) in [6, 6.07) is 18.9. The van der Waals surface area contributed by atoms with Crippen LogP contribution in [0, 0.1) is 0 Å². The Morgan fingerprint density at radius 3 is 2.62 bits per heavy atom. The van der Waals surface area contributed by atoms with E-state index in [2.05, 4.69) is 80.8 Å². The molecular formula is C17H16BrN3. The van der Waals surface area contributed by atoms with E-state index in [1.807, 2.05) is 12.1 Å². The van der Waals surface area contributed by atoms with Crippen LogP contribution in [-0.4, -0.2) is 10.2 Å². The Kier molecular flexibility index (Phi) is 4.06. The van der Waals surface area contributed by atoms with E-state index in [0.29, 0.717) is 0 Å². The maximum absolute atomic E-state index is 4.00. The Balaban J connectivity index is 1.78. The zero-order valence-electron chi connectivity index (χ0n) is 11.7. The lowest BCUT2D eigenvalue weighted by molar-refractivity contribution is 0.884. The van der Waals surface area contributed by atoms with E-state index in [0.717, 1.165) is 21.4 Å². The fourth-order valence-corrected chi connectivity index (χ4v) is 2.54. The van der Waals surface area contributed by atoms with Gasteiger partial charge in [-0.15, -0.1) is 0 Å². The minimum atomic E-state index is 0.245. The maximum Gasteiger partial charge on any atom is 0.0650 e. The third-order valence-electron chi connectivity index (χ3n) is 3.43. The number of hydrogen-bond acceptors (Lipinski definition) is 2. The summed E-state index contributed by atoms with van der Waals surface area (Å²) in [5.74, 6) is 0. The van der Waals surface area contributed by atoms with Gasteiger partial charge in [0.1, 0.15) is 0 Å². The van der Waals surface area contributed by atoms with Crippen molar-refractivity contribution >= 4 is 21.6 Å². The molecule has 3 aromatic rings. The highest BCUT2D eigenvalue weighted by molar-refractivity contribution is 9.10. The summed E-state index contributed by atoms with van der Waals surface area (Å²) >= 11 is 3.46. The number of anilines is 1. The highest BCUT2D eigenvalue weighted by Crippen LogP contribution is 2.24. The van der Waals surface area contributed by atoms with Crippen LogP contribution < -0.4 is 5.32 Å². The molecule has 0 aliphatic carbocycles. The smallest absolute Gasteiger partial charge is 0.0650 e. The predicted octanol–water partition coefficient (Wildman–Crippen LogP) is 5.01. The number of hydrogen-bond donors (Lipinski definition) is 2. The van der Waals surface area contributed by atoms with Crippen molar-refractivity contribution in [3.8, 4) is 11.3 Å². The molecule has 0 bridgehead atoms. The first-order chi connectivity index (χ1) is 10.2. The van der Waals surface area contributed by atoms with Crippen LogP contribution in [-0.2, 0) is 0 Å². The third-order valence-corrected chi connectivity index (χ3v) is 3.96. The van der Waals surface area contributed by atoms with Crippen LogP contribution in [0.3, 0.4) is 0 Å². The Labute approximate surface area is 132 Å². The van der Waals surface area contributed by atoms with Crippen molar-refractivity contribution in [3.05, 3.63) is 70.8 Å². The van der Waals surface area contributed by atoms with Gasteiger partial charge in [0.15, 0.2) is 0 Å². The van der Waals surface area contributed by atoms with E-state index in [1.54, 1.807) is 6.20 Å². The molecule has 2 aromatic carbocycles. The van der Waals surface area contributed by atoms with Crippen molar-refractivity contribution < 1.29 is 0 Å². The van der Waals surface area contributed by atoms with Crippen molar-refractivity contribution in [2.75, 3.05) is 5.32 Å².